The van der Waals surface area contributed by atoms with Crippen LogP contribution in [0.5, 0.6) is 0 Å². The van der Waals surface area contributed by atoms with E-state index in [4.69, 9.17) is 0 Å². The predicted octanol–water partition coefficient (Wildman–Crippen LogP) is 5.18. The van der Waals surface area contributed by atoms with E-state index < -0.39 is 21.2 Å². The minimum absolute atomic E-state index is 0.0317. The molecule has 0 radical (unpaired) electrons. The fourth-order valence-electron chi connectivity index (χ4n) is 4.14. The van der Waals surface area contributed by atoms with Crippen molar-refractivity contribution in [3.8, 4) is 0 Å². The van der Waals surface area contributed by atoms with E-state index >= 15 is 0 Å². The standard InChI is InChI=1S/C28H27NO3S/c1-27(2,22-14-6-3-7-15-22)29-33(31,32)26-21-13-12-20-25(26)28(30,23-16-8-4-9-17-23)24-18-10-5-11-19-24/h3-21,29-30H,1-2H3. The third-order valence-corrected chi connectivity index (χ3v) is 7.55. The molecule has 0 atom stereocenters. The van der Waals surface area contributed by atoms with Gasteiger partial charge in [0.05, 0.1) is 10.4 Å². The molecule has 4 aromatic carbocycles. The number of rotatable bonds is 7. The van der Waals surface area contributed by atoms with Crippen molar-refractivity contribution in [2.45, 2.75) is 29.9 Å². The Labute approximate surface area is 195 Å². The lowest BCUT2D eigenvalue weighted by atomic mass is 9.80. The molecular formula is C28H27NO3S. The Bertz CT molecular complexity index is 1280. The fraction of sp³-hybridized carbons (Fsp3) is 0.143. The zero-order valence-electron chi connectivity index (χ0n) is 18.6. The maximum Gasteiger partial charge on any atom is 0.241 e. The number of benzene rings is 4. The van der Waals surface area contributed by atoms with Crippen molar-refractivity contribution in [1.29, 1.82) is 0 Å². The molecule has 0 amide bonds. The third kappa shape index (κ3) is 4.48. The van der Waals surface area contributed by atoms with Gasteiger partial charge >= 0.3 is 0 Å². The zero-order valence-corrected chi connectivity index (χ0v) is 19.5. The molecule has 0 fully saturated rings. The van der Waals surface area contributed by atoms with Crippen LogP contribution in [0.4, 0.5) is 0 Å². The van der Waals surface area contributed by atoms with Gasteiger partial charge in [0.25, 0.3) is 0 Å². The van der Waals surface area contributed by atoms with Gasteiger partial charge in [0.15, 0.2) is 0 Å². The molecule has 4 aromatic rings. The van der Waals surface area contributed by atoms with Gasteiger partial charge in [-0.3, -0.25) is 0 Å². The predicted molar refractivity (Wildman–Crippen MR) is 131 cm³/mol. The van der Waals surface area contributed by atoms with Crippen molar-refractivity contribution in [2.24, 2.45) is 0 Å². The van der Waals surface area contributed by atoms with Crippen LogP contribution < -0.4 is 4.72 Å². The molecule has 0 aromatic heterocycles. The molecule has 168 valence electrons. The molecule has 0 heterocycles. The smallest absolute Gasteiger partial charge is 0.241 e. The molecule has 2 N–H and O–H groups in total. The van der Waals surface area contributed by atoms with Gasteiger partial charge in [-0.1, -0.05) is 109 Å². The normalized spacial score (nSPS) is 12.5. The van der Waals surface area contributed by atoms with Gasteiger partial charge in [0, 0.05) is 5.56 Å². The minimum atomic E-state index is -4.01. The summed E-state index contributed by atoms with van der Waals surface area (Å²) in [5, 5.41) is 12.2. The lowest BCUT2D eigenvalue weighted by Gasteiger charge is -2.33. The highest BCUT2D eigenvalue weighted by molar-refractivity contribution is 7.89. The van der Waals surface area contributed by atoms with Gasteiger partial charge < -0.3 is 5.11 Å². The maximum absolute atomic E-state index is 13.7. The molecule has 0 saturated carbocycles. The summed E-state index contributed by atoms with van der Waals surface area (Å²) in [5.74, 6) is 0. The summed E-state index contributed by atoms with van der Waals surface area (Å²) in [6.07, 6.45) is 0. The highest BCUT2D eigenvalue weighted by Gasteiger charge is 2.39. The van der Waals surface area contributed by atoms with Crippen molar-refractivity contribution in [3.05, 3.63) is 138 Å². The zero-order chi connectivity index (χ0) is 23.5. The molecule has 0 aliphatic carbocycles. The molecule has 0 spiro atoms. The molecule has 33 heavy (non-hydrogen) atoms. The van der Waals surface area contributed by atoms with Crippen LogP contribution in [-0.4, -0.2) is 13.5 Å². The summed E-state index contributed by atoms with van der Waals surface area (Å²) in [6.45, 7) is 3.65. The van der Waals surface area contributed by atoms with Crippen LogP contribution in [-0.2, 0) is 21.2 Å². The Hall–Kier alpha value is -3.25. The Morgan fingerprint density at radius 1 is 0.606 bits per heavy atom. The Kier molecular flexibility index (Phi) is 6.21. The first-order chi connectivity index (χ1) is 15.7. The summed E-state index contributed by atoms with van der Waals surface area (Å²) < 4.78 is 30.3. The number of hydrogen-bond donors (Lipinski definition) is 2. The van der Waals surface area contributed by atoms with E-state index in [1.165, 1.54) is 6.07 Å². The second kappa shape index (κ2) is 8.94. The Morgan fingerprint density at radius 3 is 1.48 bits per heavy atom. The molecular weight excluding hydrogens is 430 g/mol. The lowest BCUT2D eigenvalue weighted by Crippen LogP contribution is -2.42. The Morgan fingerprint density at radius 2 is 1.00 bits per heavy atom. The third-order valence-electron chi connectivity index (χ3n) is 5.83. The van der Waals surface area contributed by atoms with Crippen molar-refractivity contribution >= 4 is 10.0 Å². The number of sulfonamides is 1. The van der Waals surface area contributed by atoms with E-state index in [0.29, 0.717) is 16.7 Å². The van der Waals surface area contributed by atoms with Gasteiger partial charge in [-0.2, -0.15) is 0 Å². The summed E-state index contributed by atoms with van der Waals surface area (Å²) in [7, 11) is -4.01. The van der Waals surface area contributed by atoms with Crippen molar-refractivity contribution in [1.82, 2.24) is 4.72 Å². The van der Waals surface area contributed by atoms with Crippen molar-refractivity contribution in [2.75, 3.05) is 0 Å². The topological polar surface area (TPSA) is 66.4 Å². The minimum Gasteiger partial charge on any atom is -0.376 e. The van der Waals surface area contributed by atoms with Crippen LogP contribution in [0, 0.1) is 0 Å². The summed E-state index contributed by atoms with van der Waals surface area (Å²) in [6, 6.07) is 34.3. The van der Waals surface area contributed by atoms with Crippen LogP contribution >= 0.6 is 0 Å². The van der Waals surface area contributed by atoms with E-state index in [0.717, 1.165) is 5.56 Å². The summed E-state index contributed by atoms with van der Waals surface area (Å²) in [4.78, 5) is 0.0317. The number of nitrogens with one attached hydrogen (secondary N) is 1. The van der Waals surface area contributed by atoms with Crippen molar-refractivity contribution in [3.63, 3.8) is 0 Å². The van der Waals surface area contributed by atoms with Crippen LogP contribution in [0.2, 0.25) is 0 Å². The SMILES string of the molecule is CC(C)(NS(=O)(=O)c1ccccc1C(O)(c1ccccc1)c1ccccc1)c1ccccc1. The highest BCUT2D eigenvalue weighted by Crippen LogP contribution is 2.40. The van der Waals surface area contributed by atoms with E-state index in [2.05, 4.69) is 4.72 Å². The first-order valence-electron chi connectivity index (χ1n) is 10.8. The molecule has 4 rings (SSSR count). The average molecular weight is 458 g/mol. The largest absolute Gasteiger partial charge is 0.376 e. The molecule has 4 nitrogen and oxygen atoms in total. The molecule has 0 aliphatic rings. The van der Waals surface area contributed by atoms with Gasteiger partial charge in [0.1, 0.15) is 5.60 Å². The van der Waals surface area contributed by atoms with E-state index in [9.17, 15) is 13.5 Å². The van der Waals surface area contributed by atoms with Crippen molar-refractivity contribution < 1.29 is 13.5 Å². The van der Waals surface area contributed by atoms with Crippen LogP contribution in [0.15, 0.2) is 120 Å². The average Bonchev–Trinajstić information content (AvgIpc) is 2.84. The van der Waals surface area contributed by atoms with Gasteiger partial charge in [0.2, 0.25) is 10.0 Å². The first-order valence-corrected chi connectivity index (χ1v) is 12.3. The lowest BCUT2D eigenvalue weighted by molar-refractivity contribution is 0.122. The quantitative estimate of drug-likeness (QED) is 0.376. The fourth-order valence-corrected chi connectivity index (χ4v) is 5.80. The van der Waals surface area contributed by atoms with E-state index in [1.54, 1.807) is 42.5 Å². The monoisotopic (exact) mass is 457 g/mol. The van der Waals surface area contributed by atoms with Crippen LogP contribution in [0.3, 0.4) is 0 Å². The number of hydrogen-bond acceptors (Lipinski definition) is 3. The van der Waals surface area contributed by atoms with E-state index in [-0.39, 0.29) is 4.90 Å². The summed E-state index contributed by atoms with van der Waals surface area (Å²) in [5.41, 5.74) is -0.219. The van der Waals surface area contributed by atoms with E-state index in [1.807, 2.05) is 80.6 Å². The Balaban J connectivity index is 1.88. The molecule has 0 saturated heterocycles. The van der Waals surface area contributed by atoms with Crippen LogP contribution in [0.1, 0.15) is 36.1 Å². The van der Waals surface area contributed by atoms with Gasteiger partial charge in [-0.25, -0.2) is 13.1 Å². The van der Waals surface area contributed by atoms with Crippen LogP contribution in [0.25, 0.3) is 0 Å². The molecule has 5 heteroatoms. The second-order valence-corrected chi connectivity index (χ2v) is 10.2. The second-order valence-electron chi connectivity index (χ2n) is 8.54. The summed E-state index contributed by atoms with van der Waals surface area (Å²) >= 11 is 0. The molecule has 0 bridgehead atoms. The van der Waals surface area contributed by atoms with Gasteiger partial charge in [-0.05, 0) is 36.6 Å². The number of aliphatic hydroxyl groups is 1. The molecule has 0 unspecified atom stereocenters. The first kappa shape index (κ1) is 22.9. The highest BCUT2D eigenvalue weighted by atomic mass is 32.2. The molecule has 0 aliphatic heterocycles. The maximum atomic E-state index is 13.7. The van der Waals surface area contributed by atoms with Gasteiger partial charge in [-0.15, -0.1) is 0 Å².